The van der Waals surface area contributed by atoms with Crippen LogP contribution in [0, 0.1) is 34.1 Å². The molecule has 0 unspecified atom stereocenters. The highest BCUT2D eigenvalue weighted by molar-refractivity contribution is 6.31. The molecule has 3 rings (SSSR count). The predicted octanol–water partition coefficient (Wildman–Crippen LogP) is 6.30. The average Bonchev–Trinajstić information content (AvgIpc) is 2.66. The van der Waals surface area contributed by atoms with Gasteiger partial charge in [-0.05, 0) is 37.1 Å². The van der Waals surface area contributed by atoms with E-state index < -0.39 is 9.85 Å². The predicted molar refractivity (Wildman–Crippen MR) is 110 cm³/mol. The molecule has 1 aromatic heterocycles. The standard InChI is InChI=1S/C12H9ClN2O3.C7H6ClNO2/c1-8-4-10(15(16)17)2-3-12(8)18-11-5-9(13)6-14-7-11;1-5-4-6(9(10)11)2-3-7(5)8/h2-7H,1H3;2-4H,1H3. The molecule has 3 aromatic rings. The Labute approximate surface area is 176 Å². The number of aryl methyl sites for hydroxylation is 2. The van der Waals surface area contributed by atoms with Gasteiger partial charge in [-0.2, -0.15) is 0 Å². The molecule has 150 valence electrons. The zero-order valence-corrected chi connectivity index (χ0v) is 16.8. The van der Waals surface area contributed by atoms with Crippen LogP contribution < -0.4 is 4.74 Å². The van der Waals surface area contributed by atoms with Crippen LogP contribution in [0.5, 0.6) is 11.5 Å². The van der Waals surface area contributed by atoms with Gasteiger partial charge in [0.2, 0.25) is 0 Å². The van der Waals surface area contributed by atoms with Crippen molar-refractivity contribution >= 4 is 34.6 Å². The number of hydrogen-bond acceptors (Lipinski definition) is 6. The lowest BCUT2D eigenvalue weighted by Gasteiger charge is -2.08. The molecule has 0 spiro atoms. The highest BCUT2D eigenvalue weighted by Crippen LogP contribution is 2.28. The van der Waals surface area contributed by atoms with Crippen LogP contribution in [0.15, 0.2) is 54.9 Å². The summed E-state index contributed by atoms with van der Waals surface area (Å²) in [6.45, 7) is 3.47. The van der Waals surface area contributed by atoms with Crippen molar-refractivity contribution in [3.05, 3.63) is 96.3 Å². The van der Waals surface area contributed by atoms with Gasteiger partial charge in [0, 0.05) is 41.6 Å². The fourth-order valence-electron chi connectivity index (χ4n) is 2.18. The first-order valence-electron chi connectivity index (χ1n) is 8.11. The fourth-order valence-corrected chi connectivity index (χ4v) is 2.46. The first kappa shape index (κ1) is 22.1. The Balaban J connectivity index is 0.000000234. The van der Waals surface area contributed by atoms with Gasteiger partial charge in [-0.25, -0.2) is 0 Å². The van der Waals surface area contributed by atoms with Crippen LogP contribution >= 0.6 is 23.2 Å². The first-order chi connectivity index (χ1) is 13.7. The second-order valence-corrected chi connectivity index (χ2v) is 6.68. The average molecular weight is 436 g/mol. The topological polar surface area (TPSA) is 108 Å². The number of benzene rings is 2. The summed E-state index contributed by atoms with van der Waals surface area (Å²) in [6, 6.07) is 10.4. The molecule has 10 heteroatoms. The van der Waals surface area contributed by atoms with Gasteiger partial charge < -0.3 is 4.74 Å². The highest BCUT2D eigenvalue weighted by atomic mass is 35.5. The highest BCUT2D eigenvalue weighted by Gasteiger charge is 2.09. The molecular formula is C19H15Cl2N3O5. The smallest absolute Gasteiger partial charge is 0.269 e. The van der Waals surface area contributed by atoms with Crippen LogP contribution in [0.4, 0.5) is 11.4 Å². The summed E-state index contributed by atoms with van der Waals surface area (Å²) in [5.74, 6) is 1.02. The summed E-state index contributed by atoms with van der Waals surface area (Å²) in [5.41, 5.74) is 1.50. The maximum Gasteiger partial charge on any atom is 0.269 e. The van der Waals surface area contributed by atoms with E-state index in [4.69, 9.17) is 27.9 Å². The summed E-state index contributed by atoms with van der Waals surface area (Å²) in [5, 5.41) is 21.8. The summed E-state index contributed by atoms with van der Waals surface area (Å²) in [4.78, 5) is 23.8. The van der Waals surface area contributed by atoms with Gasteiger partial charge in [-0.15, -0.1) is 0 Å². The van der Waals surface area contributed by atoms with Crippen molar-refractivity contribution in [2.24, 2.45) is 0 Å². The number of pyridine rings is 1. The van der Waals surface area contributed by atoms with E-state index in [1.54, 1.807) is 26.0 Å². The lowest BCUT2D eigenvalue weighted by molar-refractivity contribution is -0.385. The molecule has 0 fully saturated rings. The Bertz CT molecular complexity index is 1060. The number of nitro benzene ring substituents is 2. The molecule has 0 aliphatic heterocycles. The van der Waals surface area contributed by atoms with Gasteiger partial charge in [0.05, 0.1) is 21.1 Å². The van der Waals surface area contributed by atoms with Crippen LogP contribution in [0.2, 0.25) is 10.0 Å². The van der Waals surface area contributed by atoms with E-state index >= 15 is 0 Å². The van der Waals surface area contributed by atoms with Crippen molar-refractivity contribution in [2.45, 2.75) is 13.8 Å². The Hall–Kier alpha value is -3.23. The van der Waals surface area contributed by atoms with E-state index in [2.05, 4.69) is 4.98 Å². The molecule has 0 aliphatic carbocycles. The van der Waals surface area contributed by atoms with Crippen LogP contribution in [0.3, 0.4) is 0 Å². The summed E-state index contributed by atoms with van der Waals surface area (Å²) >= 11 is 11.4. The van der Waals surface area contributed by atoms with Gasteiger partial charge in [0.1, 0.15) is 11.5 Å². The summed E-state index contributed by atoms with van der Waals surface area (Å²) < 4.78 is 5.56. The van der Waals surface area contributed by atoms with Crippen molar-refractivity contribution in [1.82, 2.24) is 4.98 Å². The minimum atomic E-state index is -0.447. The Morgan fingerprint density at radius 2 is 1.45 bits per heavy atom. The number of hydrogen-bond donors (Lipinski definition) is 0. The van der Waals surface area contributed by atoms with Gasteiger partial charge >= 0.3 is 0 Å². The molecule has 0 radical (unpaired) electrons. The SMILES string of the molecule is Cc1cc([N+](=O)[O-])ccc1Cl.Cc1cc([N+](=O)[O-])ccc1Oc1cncc(Cl)c1. The van der Waals surface area contributed by atoms with Crippen LogP contribution in [0.25, 0.3) is 0 Å². The maximum atomic E-state index is 10.6. The maximum absolute atomic E-state index is 10.6. The van der Waals surface area contributed by atoms with Gasteiger partial charge in [-0.3, -0.25) is 25.2 Å². The minimum absolute atomic E-state index is 0.0315. The van der Waals surface area contributed by atoms with Gasteiger partial charge in [-0.1, -0.05) is 23.2 Å². The second kappa shape index (κ2) is 9.81. The molecule has 2 aromatic carbocycles. The molecule has 0 bridgehead atoms. The lowest BCUT2D eigenvalue weighted by atomic mass is 10.2. The third kappa shape index (κ3) is 6.41. The number of nitrogens with zero attached hydrogens (tertiary/aromatic N) is 3. The van der Waals surface area contributed by atoms with Crippen molar-refractivity contribution < 1.29 is 14.6 Å². The quantitative estimate of drug-likeness (QED) is 0.351. The van der Waals surface area contributed by atoms with E-state index in [1.165, 1.54) is 42.7 Å². The van der Waals surface area contributed by atoms with E-state index in [0.29, 0.717) is 27.1 Å². The van der Waals surface area contributed by atoms with E-state index in [0.717, 1.165) is 5.56 Å². The zero-order valence-electron chi connectivity index (χ0n) is 15.3. The van der Waals surface area contributed by atoms with Gasteiger partial charge in [0.15, 0.2) is 0 Å². The number of nitro groups is 2. The monoisotopic (exact) mass is 435 g/mol. The van der Waals surface area contributed by atoms with Crippen molar-refractivity contribution in [3.63, 3.8) is 0 Å². The van der Waals surface area contributed by atoms with E-state index in [9.17, 15) is 20.2 Å². The molecule has 1 heterocycles. The van der Waals surface area contributed by atoms with Crippen LogP contribution in [-0.4, -0.2) is 14.8 Å². The summed E-state index contributed by atoms with van der Waals surface area (Å²) in [6.07, 6.45) is 3.02. The lowest BCUT2D eigenvalue weighted by Crippen LogP contribution is -1.92. The largest absolute Gasteiger partial charge is 0.455 e. The Morgan fingerprint density at radius 3 is 1.97 bits per heavy atom. The number of rotatable bonds is 4. The molecule has 0 atom stereocenters. The molecular weight excluding hydrogens is 421 g/mol. The Kier molecular flexibility index (Phi) is 7.46. The Morgan fingerprint density at radius 1 is 0.862 bits per heavy atom. The normalized spacial score (nSPS) is 9.93. The first-order valence-corrected chi connectivity index (χ1v) is 8.87. The second-order valence-electron chi connectivity index (χ2n) is 5.84. The van der Waals surface area contributed by atoms with E-state index in [1.807, 2.05) is 0 Å². The molecule has 8 nitrogen and oxygen atoms in total. The molecule has 0 N–H and O–H groups in total. The van der Waals surface area contributed by atoms with Crippen molar-refractivity contribution in [1.29, 1.82) is 0 Å². The molecule has 0 aliphatic rings. The number of halogens is 2. The van der Waals surface area contributed by atoms with Crippen LogP contribution in [-0.2, 0) is 0 Å². The minimum Gasteiger partial charge on any atom is -0.455 e. The fraction of sp³-hybridized carbons (Fsp3) is 0.105. The number of non-ortho nitro benzene ring substituents is 2. The third-order valence-corrected chi connectivity index (χ3v) is 4.26. The molecule has 29 heavy (non-hydrogen) atoms. The third-order valence-electron chi connectivity index (χ3n) is 3.63. The van der Waals surface area contributed by atoms with E-state index in [-0.39, 0.29) is 11.4 Å². The molecule has 0 amide bonds. The number of ether oxygens (including phenoxy) is 1. The summed E-state index contributed by atoms with van der Waals surface area (Å²) in [7, 11) is 0. The van der Waals surface area contributed by atoms with Crippen LogP contribution in [0.1, 0.15) is 11.1 Å². The molecule has 0 saturated carbocycles. The number of aromatic nitrogens is 1. The van der Waals surface area contributed by atoms with Gasteiger partial charge in [0.25, 0.3) is 11.4 Å². The zero-order chi connectivity index (χ0) is 21.6. The van der Waals surface area contributed by atoms with Crippen molar-refractivity contribution in [3.8, 4) is 11.5 Å². The van der Waals surface area contributed by atoms with Crippen molar-refractivity contribution in [2.75, 3.05) is 0 Å². The molecule has 0 saturated heterocycles.